The first kappa shape index (κ1) is 28.2. The first-order chi connectivity index (χ1) is 19.0. The second kappa shape index (κ2) is 11.8. The Labute approximate surface area is 236 Å². The van der Waals surface area contributed by atoms with Gasteiger partial charge in [-0.2, -0.15) is 0 Å². The van der Waals surface area contributed by atoms with Crippen LogP contribution < -0.4 is 5.73 Å². The van der Waals surface area contributed by atoms with E-state index in [0.29, 0.717) is 30.6 Å². The van der Waals surface area contributed by atoms with Gasteiger partial charge in [0, 0.05) is 24.1 Å². The van der Waals surface area contributed by atoms with Crippen molar-refractivity contribution in [3.8, 4) is 0 Å². The van der Waals surface area contributed by atoms with Gasteiger partial charge >= 0.3 is 0 Å². The number of likely N-dealkylation sites (tertiary alicyclic amines) is 1. The third-order valence-corrected chi connectivity index (χ3v) is 12.5. The van der Waals surface area contributed by atoms with Gasteiger partial charge < -0.3 is 29.3 Å². The molecule has 1 aliphatic heterocycles. The summed E-state index contributed by atoms with van der Waals surface area (Å²) in [6.07, 6.45) is 18.3. The molecule has 1 saturated heterocycles. The summed E-state index contributed by atoms with van der Waals surface area (Å²) in [7, 11) is 0. The van der Waals surface area contributed by atoms with Crippen LogP contribution in [0.2, 0.25) is 0 Å². The quantitative estimate of drug-likeness (QED) is 0.346. The second-order valence-corrected chi connectivity index (χ2v) is 14.1. The standard InChI is InChI=1S/C33H54N2O4/c1-31-11-7-27(38-22-21-36-20-17-35-15-3-4-16-35)23-25(31)5-6-28-29(31)8-12-32(2)30(28)9-13-33(32,39-19-14-34)26-10-18-37-24-26/h10,18,24-25,27-30H,3-9,11-17,19-23,34H2,1-2H3/t25-,27+,28-,29+,30+,31+,32+,33-/m1/s1. The maximum atomic E-state index is 6.76. The summed E-state index contributed by atoms with van der Waals surface area (Å²) in [6.45, 7) is 12.3. The molecule has 1 aromatic rings. The molecular weight excluding hydrogens is 488 g/mol. The Morgan fingerprint density at radius 1 is 0.949 bits per heavy atom. The first-order valence-electron chi connectivity index (χ1n) is 16.3. The van der Waals surface area contributed by atoms with Crippen molar-refractivity contribution in [1.29, 1.82) is 0 Å². The van der Waals surface area contributed by atoms with Crippen molar-refractivity contribution in [3.63, 3.8) is 0 Å². The summed E-state index contributed by atoms with van der Waals surface area (Å²) >= 11 is 0. The lowest BCUT2D eigenvalue weighted by molar-refractivity contribution is -0.183. The highest BCUT2D eigenvalue weighted by Gasteiger charge is 2.66. The van der Waals surface area contributed by atoms with Gasteiger partial charge in [-0.3, -0.25) is 0 Å². The maximum absolute atomic E-state index is 6.76. The average Bonchev–Trinajstić information content (AvgIpc) is 3.71. The molecule has 1 aromatic heterocycles. The highest BCUT2D eigenvalue weighted by Crippen LogP contribution is 2.71. The molecule has 4 aliphatic carbocycles. The van der Waals surface area contributed by atoms with Crippen molar-refractivity contribution in [2.75, 3.05) is 52.6 Å². The minimum atomic E-state index is -0.255. The molecule has 0 bridgehead atoms. The Morgan fingerprint density at radius 3 is 2.59 bits per heavy atom. The smallest absolute Gasteiger partial charge is 0.102 e. The third kappa shape index (κ3) is 5.05. The molecule has 6 rings (SSSR count). The van der Waals surface area contributed by atoms with Crippen LogP contribution in [0.5, 0.6) is 0 Å². The van der Waals surface area contributed by atoms with Crippen molar-refractivity contribution in [1.82, 2.24) is 4.90 Å². The third-order valence-electron chi connectivity index (χ3n) is 12.5. The Bertz CT molecular complexity index is 919. The number of nitrogens with zero attached hydrogens (tertiary/aromatic N) is 1. The molecule has 4 saturated carbocycles. The van der Waals surface area contributed by atoms with Crippen LogP contribution in [0, 0.1) is 34.5 Å². The molecule has 39 heavy (non-hydrogen) atoms. The van der Waals surface area contributed by atoms with Gasteiger partial charge in [-0.15, -0.1) is 0 Å². The van der Waals surface area contributed by atoms with Gasteiger partial charge in [-0.1, -0.05) is 13.8 Å². The Hall–Kier alpha value is -0.920. The predicted molar refractivity (Wildman–Crippen MR) is 153 cm³/mol. The molecule has 5 aliphatic rings. The zero-order chi connectivity index (χ0) is 26.9. The molecule has 0 radical (unpaired) electrons. The fourth-order valence-corrected chi connectivity index (χ4v) is 10.5. The number of fused-ring (bicyclic) bond motifs is 5. The number of nitrogens with two attached hydrogens (primary N) is 1. The predicted octanol–water partition coefficient (Wildman–Crippen LogP) is 5.99. The summed E-state index contributed by atoms with van der Waals surface area (Å²) in [5, 5.41) is 0. The molecule has 8 atom stereocenters. The summed E-state index contributed by atoms with van der Waals surface area (Å²) in [5.74, 6) is 3.15. The molecule has 220 valence electrons. The molecule has 0 unspecified atom stereocenters. The normalized spacial score (nSPS) is 42.3. The van der Waals surface area contributed by atoms with Crippen LogP contribution in [0.1, 0.15) is 90.0 Å². The fourth-order valence-electron chi connectivity index (χ4n) is 10.5. The molecule has 6 nitrogen and oxygen atoms in total. The lowest BCUT2D eigenvalue weighted by atomic mass is 9.44. The summed E-state index contributed by atoms with van der Waals surface area (Å²) in [6, 6.07) is 2.15. The number of hydrogen-bond donors (Lipinski definition) is 1. The van der Waals surface area contributed by atoms with Gasteiger partial charge in [0.2, 0.25) is 0 Å². The molecule has 2 N–H and O–H groups in total. The Balaban J connectivity index is 1.05. The SMILES string of the molecule is C[C@]12CC[C@H](OCCOCCN3CCCC3)C[C@H]1CC[C@@H]1[C@@H]2CC[C@@]2(C)[C@H]1CC[C@@]2(OCCN)c1ccoc1. The van der Waals surface area contributed by atoms with Gasteiger partial charge in [-0.25, -0.2) is 0 Å². The van der Waals surface area contributed by atoms with Crippen LogP contribution in [0.4, 0.5) is 0 Å². The lowest BCUT2D eigenvalue weighted by Crippen LogP contribution is -2.56. The van der Waals surface area contributed by atoms with Crippen molar-refractivity contribution >= 4 is 0 Å². The van der Waals surface area contributed by atoms with E-state index in [0.717, 1.165) is 50.5 Å². The van der Waals surface area contributed by atoms with E-state index in [9.17, 15) is 0 Å². The maximum Gasteiger partial charge on any atom is 0.102 e. The molecular formula is C33H54N2O4. The van der Waals surface area contributed by atoms with Crippen molar-refractivity contribution < 1.29 is 18.6 Å². The van der Waals surface area contributed by atoms with Crippen LogP contribution in [-0.2, 0) is 19.8 Å². The summed E-state index contributed by atoms with van der Waals surface area (Å²) in [4.78, 5) is 2.52. The lowest BCUT2D eigenvalue weighted by Gasteiger charge is -2.62. The van der Waals surface area contributed by atoms with E-state index in [2.05, 4.69) is 24.8 Å². The highest BCUT2D eigenvalue weighted by molar-refractivity contribution is 5.27. The summed E-state index contributed by atoms with van der Waals surface area (Å²) < 4.78 is 24.7. The van der Waals surface area contributed by atoms with Crippen LogP contribution >= 0.6 is 0 Å². The molecule has 0 amide bonds. The van der Waals surface area contributed by atoms with Gasteiger partial charge in [0.15, 0.2) is 0 Å². The van der Waals surface area contributed by atoms with Crippen molar-refractivity contribution in [2.24, 2.45) is 40.2 Å². The molecule has 5 fully saturated rings. The molecule has 0 spiro atoms. The van der Waals surface area contributed by atoms with E-state index >= 15 is 0 Å². The van der Waals surface area contributed by atoms with Crippen molar-refractivity contribution in [2.45, 2.75) is 96.2 Å². The zero-order valence-electron chi connectivity index (χ0n) is 24.7. The van der Waals surface area contributed by atoms with Gasteiger partial charge in [0.25, 0.3) is 0 Å². The summed E-state index contributed by atoms with van der Waals surface area (Å²) in [5.41, 5.74) is 7.52. The monoisotopic (exact) mass is 542 g/mol. The van der Waals surface area contributed by atoms with Crippen LogP contribution in [-0.4, -0.2) is 63.6 Å². The molecule has 2 heterocycles. The largest absolute Gasteiger partial charge is 0.472 e. The number of furan rings is 1. The van der Waals surface area contributed by atoms with E-state index in [1.807, 2.05) is 12.5 Å². The topological polar surface area (TPSA) is 70.1 Å². The van der Waals surface area contributed by atoms with Crippen LogP contribution in [0.25, 0.3) is 0 Å². The van der Waals surface area contributed by atoms with Gasteiger partial charge in [0.1, 0.15) is 5.60 Å². The molecule has 6 heteroatoms. The van der Waals surface area contributed by atoms with E-state index in [4.69, 9.17) is 24.4 Å². The van der Waals surface area contributed by atoms with E-state index in [1.54, 1.807) is 0 Å². The molecule has 0 aromatic carbocycles. The number of rotatable bonds is 11. The van der Waals surface area contributed by atoms with E-state index in [-0.39, 0.29) is 11.0 Å². The number of hydrogen-bond acceptors (Lipinski definition) is 6. The van der Waals surface area contributed by atoms with Gasteiger partial charge in [-0.05, 0) is 119 Å². The van der Waals surface area contributed by atoms with Crippen molar-refractivity contribution in [3.05, 3.63) is 24.2 Å². The first-order valence-corrected chi connectivity index (χ1v) is 16.3. The van der Waals surface area contributed by atoms with Crippen LogP contribution in [0.15, 0.2) is 23.0 Å². The van der Waals surface area contributed by atoms with Crippen LogP contribution in [0.3, 0.4) is 0 Å². The fraction of sp³-hybridized carbons (Fsp3) is 0.879. The van der Waals surface area contributed by atoms with E-state index < -0.39 is 0 Å². The Kier molecular flexibility index (Phi) is 8.50. The zero-order valence-corrected chi connectivity index (χ0v) is 24.7. The minimum Gasteiger partial charge on any atom is -0.472 e. The van der Waals surface area contributed by atoms with Gasteiger partial charge in [0.05, 0.1) is 45.1 Å². The minimum absolute atomic E-state index is 0.144. The average molecular weight is 543 g/mol. The second-order valence-electron chi connectivity index (χ2n) is 14.1. The van der Waals surface area contributed by atoms with E-state index in [1.165, 1.54) is 82.9 Å². The number of ether oxygens (including phenoxy) is 3. The highest BCUT2D eigenvalue weighted by atomic mass is 16.5. The Morgan fingerprint density at radius 2 is 1.79 bits per heavy atom.